The van der Waals surface area contributed by atoms with Crippen LogP contribution in [-0.2, 0) is 13.1 Å². The second kappa shape index (κ2) is 6.79. The van der Waals surface area contributed by atoms with Crippen molar-refractivity contribution >= 4 is 5.91 Å². The van der Waals surface area contributed by atoms with Crippen molar-refractivity contribution in [3.63, 3.8) is 0 Å². The summed E-state index contributed by atoms with van der Waals surface area (Å²) < 4.78 is 1.84. The van der Waals surface area contributed by atoms with Crippen LogP contribution >= 0.6 is 0 Å². The summed E-state index contributed by atoms with van der Waals surface area (Å²) >= 11 is 0. The van der Waals surface area contributed by atoms with Gasteiger partial charge in [0, 0.05) is 18.9 Å². The summed E-state index contributed by atoms with van der Waals surface area (Å²) in [6, 6.07) is 16.3. The minimum absolute atomic E-state index is 0.0187. The molecule has 116 valence electrons. The number of amides is 1. The second-order valence-electron chi connectivity index (χ2n) is 5.17. The van der Waals surface area contributed by atoms with Gasteiger partial charge >= 0.3 is 0 Å². The van der Waals surface area contributed by atoms with E-state index in [2.05, 4.69) is 10.4 Å². The summed E-state index contributed by atoms with van der Waals surface area (Å²) in [5.41, 5.74) is 2.39. The van der Waals surface area contributed by atoms with E-state index in [9.17, 15) is 9.90 Å². The van der Waals surface area contributed by atoms with E-state index in [4.69, 9.17) is 0 Å². The first kappa shape index (κ1) is 14.8. The van der Waals surface area contributed by atoms with E-state index in [1.54, 1.807) is 24.4 Å². The molecule has 3 aromatic rings. The Balaban J connectivity index is 1.71. The molecule has 1 aromatic heterocycles. The monoisotopic (exact) mass is 307 g/mol. The molecule has 23 heavy (non-hydrogen) atoms. The first-order valence-corrected chi connectivity index (χ1v) is 7.34. The molecule has 0 fully saturated rings. The molecule has 0 atom stereocenters. The predicted octanol–water partition coefficient (Wildman–Crippen LogP) is 2.57. The zero-order chi connectivity index (χ0) is 16.1. The molecular weight excluding hydrogens is 290 g/mol. The molecule has 0 saturated heterocycles. The number of nitrogens with one attached hydrogen (secondary N) is 1. The van der Waals surface area contributed by atoms with Crippen molar-refractivity contribution in [1.29, 1.82) is 0 Å². The number of aromatic nitrogens is 2. The molecule has 1 amide bonds. The quantitative estimate of drug-likeness (QED) is 0.761. The zero-order valence-corrected chi connectivity index (χ0v) is 12.5. The fourth-order valence-corrected chi connectivity index (χ4v) is 2.39. The highest BCUT2D eigenvalue weighted by Gasteiger charge is 2.10. The maximum Gasteiger partial charge on any atom is 0.255 e. The molecule has 0 bridgehead atoms. The van der Waals surface area contributed by atoms with Crippen LogP contribution in [-0.4, -0.2) is 20.8 Å². The molecule has 0 spiro atoms. The maximum absolute atomic E-state index is 12.2. The number of phenols is 1. The van der Waals surface area contributed by atoms with Crippen LogP contribution < -0.4 is 5.32 Å². The fraction of sp³-hybridized carbons (Fsp3) is 0.111. The fourth-order valence-electron chi connectivity index (χ4n) is 2.39. The number of benzene rings is 2. The minimum atomic E-state index is -0.294. The van der Waals surface area contributed by atoms with Gasteiger partial charge in [-0.15, -0.1) is 0 Å². The van der Waals surface area contributed by atoms with Crippen molar-refractivity contribution < 1.29 is 9.90 Å². The summed E-state index contributed by atoms with van der Waals surface area (Å²) in [5.74, 6) is -0.313. The van der Waals surface area contributed by atoms with E-state index in [0.717, 1.165) is 11.1 Å². The summed E-state index contributed by atoms with van der Waals surface area (Å²) in [5, 5.41) is 16.8. The van der Waals surface area contributed by atoms with Gasteiger partial charge in [0.15, 0.2) is 0 Å². The van der Waals surface area contributed by atoms with Crippen molar-refractivity contribution in [2.75, 3.05) is 0 Å². The smallest absolute Gasteiger partial charge is 0.255 e. The van der Waals surface area contributed by atoms with E-state index in [0.29, 0.717) is 13.1 Å². The Morgan fingerprint density at radius 3 is 2.52 bits per heavy atom. The Morgan fingerprint density at radius 2 is 1.78 bits per heavy atom. The van der Waals surface area contributed by atoms with Crippen LogP contribution in [0.1, 0.15) is 21.5 Å². The number of phenolic OH excluding ortho intramolecular Hbond substituents is 1. The third-order valence-electron chi connectivity index (χ3n) is 3.60. The lowest BCUT2D eigenvalue weighted by atomic mass is 10.1. The first-order valence-electron chi connectivity index (χ1n) is 7.34. The SMILES string of the molecule is O=C(NCc1ccccc1Cn1cccn1)c1ccccc1O. The van der Waals surface area contributed by atoms with Crippen LogP contribution in [0.15, 0.2) is 67.0 Å². The molecule has 2 N–H and O–H groups in total. The van der Waals surface area contributed by atoms with Crippen LogP contribution in [0.25, 0.3) is 0 Å². The molecule has 5 nitrogen and oxygen atoms in total. The highest BCUT2D eigenvalue weighted by atomic mass is 16.3. The predicted molar refractivity (Wildman–Crippen MR) is 87.0 cm³/mol. The number of rotatable bonds is 5. The summed E-state index contributed by atoms with van der Waals surface area (Å²) in [6.07, 6.45) is 3.64. The summed E-state index contributed by atoms with van der Waals surface area (Å²) in [6.45, 7) is 1.04. The van der Waals surface area contributed by atoms with Crippen LogP contribution in [0.3, 0.4) is 0 Å². The Labute approximate surface area is 134 Å². The standard InChI is InChI=1S/C18H17N3O2/c22-17-9-4-3-8-16(17)18(23)19-12-14-6-1-2-7-15(14)13-21-11-5-10-20-21/h1-11,22H,12-13H2,(H,19,23). The number of hydrogen-bond acceptors (Lipinski definition) is 3. The largest absolute Gasteiger partial charge is 0.507 e. The number of carbonyl (C=O) groups excluding carboxylic acids is 1. The Bertz CT molecular complexity index is 798. The number of para-hydroxylation sites is 1. The molecule has 3 rings (SSSR count). The third-order valence-corrected chi connectivity index (χ3v) is 3.60. The molecule has 5 heteroatoms. The molecular formula is C18H17N3O2. The lowest BCUT2D eigenvalue weighted by Crippen LogP contribution is -2.23. The number of nitrogens with zero attached hydrogens (tertiary/aromatic N) is 2. The van der Waals surface area contributed by atoms with Crippen LogP contribution in [0.4, 0.5) is 0 Å². The van der Waals surface area contributed by atoms with E-state index in [1.807, 2.05) is 41.2 Å². The van der Waals surface area contributed by atoms with Crippen molar-refractivity contribution in [2.24, 2.45) is 0 Å². The molecule has 1 heterocycles. The third kappa shape index (κ3) is 3.58. The average molecular weight is 307 g/mol. The highest BCUT2D eigenvalue weighted by molar-refractivity contribution is 5.96. The van der Waals surface area contributed by atoms with Gasteiger partial charge in [0.05, 0.1) is 12.1 Å². The van der Waals surface area contributed by atoms with Gasteiger partial charge in [0.25, 0.3) is 5.91 Å². The molecule has 2 aromatic carbocycles. The Morgan fingerprint density at radius 1 is 1.04 bits per heavy atom. The van der Waals surface area contributed by atoms with E-state index in [1.165, 1.54) is 6.07 Å². The van der Waals surface area contributed by atoms with Gasteiger partial charge in [-0.25, -0.2) is 0 Å². The normalized spacial score (nSPS) is 10.4. The van der Waals surface area contributed by atoms with Gasteiger partial charge in [-0.1, -0.05) is 36.4 Å². The highest BCUT2D eigenvalue weighted by Crippen LogP contribution is 2.16. The van der Waals surface area contributed by atoms with Crippen LogP contribution in [0, 0.1) is 0 Å². The first-order chi connectivity index (χ1) is 11.2. The van der Waals surface area contributed by atoms with Gasteiger partial charge in [0.2, 0.25) is 0 Å². The van der Waals surface area contributed by atoms with Gasteiger partial charge in [0.1, 0.15) is 5.75 Å². The summed E-state index contributed by atoms with van der Waals surface area (Å²) in [7, 11) is 0. The van der Waals surface area contributed by atoms with Crippen molar-refractivity contribution in [3.8, 4) is 5.75 Å². The van der Waals surface area contributed by atoms with Gasteiger partial charge < -0.3 is 10.4 Å². The number of aromatic hydroxyl groups is 1. The van der Waals surface area contributed by atoms with E-state index in [-0.39, 0.29) is 17.2 Å². The van der Waals surface area contributed by atoms with Crippen LogP contribution in [0.5, 0.6) is 5.75 Å². The molecule has 0 aliphatic rings. The Hall–Kier alpha value is -3.08. The van der Waals surface area contributed by atoms with Crippen molar-refractivity contribution in [1.82, 2.24) is 15.1 Å². The van der Waals surface area contributed by atoms with Crippen LogP contribution in [0.2, 0.25) is 0 Å². The second-order valence-corrected chi connectivity index (χ2v) is 5.17. The Kier molecular flexibility index (Phi) is 4.38. The molecule has 0 radical (unpaired) electrons. The van der Waals surface area contributed by atoms with E-state index < -0.39 is 0 Å². The van der Waals surface area contributed by atoms with Gasteiger partial charge in [-0.2, -0.15) is 5.10 Å². The van der Waals surface area contributed by atoms with Crippen molar-refractivity contribution in [3.05, 3.63) is 83.7 Å². The topological polar surface area (TPSA) is 67.2 Å². The molecule has 0 saturated carbocycles. The lowest BCUT2D eigenvalue weighted by molar-refractivity contribution is 0.0948. The zero-order valence-electron chi connectivity index (χ0n) is 12.5. The molecule has 0 aliphatic carbocycles. The molecule has 0 unspecified atom stereocenters. The van der Waals surface area contributed by atoms with Crippen molar-refractivity contribution in [2.45, 2.75) is 13.1 Å². The minimum Gasteiger partial charge on any atom is -0.507 e. The number of hydrogen-bond donors (Lipinski definition) is 2. The number of carbonyl (C=O) groups is 1. The maximum atomic E-state index is 12.2. The summed E-state index contributed by atoms with van der Waals surface area (Å²) in [4.78, 5) is 12.2. The molecule has 0 aliphatic heterocycles. The average Bonchev–Trinajstić information content (AvgIpc) is 3.07. The van der Waals surface area contributed by atoms with Gasteiger partial charge in [-0.05, 0) is 29.3 Å². The van der Waals surface area contributed by atoms with E-state index >= 15 is 0 Å². The van der Waals surface area contributed by atoms with Gasteiger partial charge in [-0.3, -0.25) is 9.48 Å². The lowest BCUT2D eigenvalue weighted by Gasteiger charge is -2.11.